The zero-order valence-electron chi connectivity index (χ0n) is 12.2. The first-order chi connectivity index (χ1) is 10.5. The van der Waals surface area contributed by atoms with E-state index in [9.17, 15) is 9.59 Å². The molecule has 1 aromatic heterocycles. The third kappa shape index (κ3) is 4.55. The second kappa shape index (κ2) is 7.16. The van der Waals surface area contributed by atoms with Gasteiger partial charge >= 0.3 is 0 Å². The Bertz CT molecular complexity index is 653. The molecular formula is C15H17N5O2. The van der Waals surface area contributed by atoms with E-state index in [2.05, 4.69) is 20.8 Å². The summed E-state index contributed by atoms with van der Waals surface area (Å²) in [4.78, 5) is 21.8. The minimum atomic E-state index is -0.599. The Morgan fingerprint density at radius 3 is 2.36 bits per heavy atom. The predicted molar refractivity (Wildman–Crippen MR) is 83.5 cm³/mol. The molecule has 0 fully saturated rings. The number of primary amides is 1. The van der Waals surface area contributed by atoms with Crippen molar-refractivity contribution < 1.29 is 9.59 Å². The van der Waals surface area contributed by atoms with Gasteiger partial charge in [0.25, 0.3) is 5.91 Å². The second-order valence-corrected chi connectivity index (χ2v) is 4.72. The molecule has 22 heavy (non-hydrogen) atoms. The summed E-state index contributed by atoms with van der Waals surface area (Å²) < 4.78 is 0. The third-order valence-electron chi connectivity index (χ3n) is 2.91. The lowest BCUT2D eigenvalue weighted by Crippen LogP contribution is -2.14. The van der Waals surface area contributed by atoms with Crippen molar-refractivity contribution in [2.75, 3.05) is 17.2 Å². The average Bonchev–Trinajstić information content (AvgIpc) is 2.49. The Morgan fingerprint density at radius 1 is 1.09 bits per heavy atom. The molecule has 2 rings (SSSR count). The van der Waals surface area contributed by atoms with E-state index in [1.165, 1.54) is 13.0 Å². The molecule has 1 heterocycles. The number of aromatic nitrogens is 2. The molecule has 1 aromatic carbocycles. The number of nitrogens with two attached hydrogens (primary N) is 1. The largest absolute Gasteiger partial charge is 0.368 e. The molecule has 2 aromatic rings. The van der Waals surface area contributed by atoms with Crippen LogP contribution < -0.4 is 16.4 Å². The van der Waals surface area contributed by atoms with Gasteiger partial charge in [-0.15, -0.1) is 10.2 Å². The monoisotopic (exact) mass is 299 g/mol. The lowest BCUT2D eigenvalue weighted by molar-refractivity contribution is -0.114. The summed E-state index contributed by atoms with van der Waals surface area (Å²) in [6.45, 7) is 2.15. The van der Waals surface area contributed by atoms with Crippen molar-refractivity contribution in [2.45, 2.75) is 13.3 Å². The topological polar surface area (TPSA) is 110 Å². The van der Waals surface area contributed by atoms with Crippen LogP contribution in [-0.4, -0.2) is 28.6 Å². The van der Waals surface area contributed by atoms with Crippen molar-refractivity contribution in [3.8, 4) is 0 Å². The molecule has 114 valence electrons. The molecule has 0 saturated heterocycles. The van der Waals surface area contributed by atoms with Crippen LogP contribution >= 0.6 is 0 Å². The maximum Gasteiger partial charge on any atom is 0.269 e. The fourth-order valence-corrected chi connectivity index (χ4v) is 1.85. The van der Waals surface area contributed by atoms with Gasteiger partial charge in [-0.3, -0.25) is 9.59 Å². The quantitative estimate of drug-likeness (QED) is 0.742. The number of hydrogen-bond donors (Lipinski definition) is 3. The molecule has 0 bridgehead atoms. The number of rotatable bonds is 6. The fraction of sp³-hybridized carbons (Fsp3) is 0.200. The average molecular weight is 299 g/mol. The van der Waals surface area contributed by atoms with E-state index >= 15 is 0 Å². The summed E-state index contributed by atoms with van der Waals surface area (Å²) in [6, 6.07) is 10.8. The maximum atomic E-state index is 10.9. The van der Waals surface area contributed by atoms with Crippen LogP contribution in [0.15, 0.2) is 36.4 Å². The lowest BCUT2D eigenvalue weighted by atomic mass is 10.1. The maximum absolute atomic E-state index is 10.9. The highest BCUT2D eigenvalue weighted by Gasteiger charge is 2.03. The molecule has 4 N–H and O–H groups in total. The number of nitrogens with zero attached hydrogens (tertiary/aromatic N) is 2. The number of amides is 2. The van der Waals surface area contributed by atoms with E-state index in [1.807, 2.05) is 24.3 Å². The van der Waals surface area contributed by atoms with Crippen LogP contribution in [0.2, 0.25) is 0 Å². The molecule has 0 spiro atoms. The summed E-state index contributed by atoms with van der Waals surface area (Å²) in [6.07, 6.45) is 0.791. The molecule has 0 aliphatic rings. The summed E-state index contributed by atoms with van der Waals surface area (Å²) in [5.41, 5.74) is 7.14. The van der Waals surface area contributed by atoms with Crippen LogP contribution in [0.3, 0.4) is 0 Å². The van der Waals surface area contributed by atoms with Crippen molar-refractivity contribution in [3.63, 3.8) is 0 Å². The zero-order valence-corrected chi connectivity index (χ0v) is 12.2. The highest BCUT2D eigenvalue weighted by atomic mass is 16.1. The molecule has 0 radical (unpaired) electrons. The van der Waals surface area contributed by atoms with Crippen molar-refractivity contribution in [1.82, 2.24) is 10.2 Å². The van der Waals surface area contributed by atoms with Gasteiger partial charge in [-0.2, -0.15) is 0 Å². The SMILES string of the molecule is CC(=O)Nc1ccc(CCNc2ccc(C(N)=O)nn2)cc1. The molecule has 0 saturated carbocycles. The van der Waals surface area contributed by atoms with Gasteiger partial charge in [0.2, 0.25) is 5.91 Å². The van der Waals surface area contributed by atoms with E-state index in [1.54, 1.807) is 6.07 Å². The minimum absolute atomic E-state index is 0.0904. The highest BCUT2D eigenvalue weighted by Crippen LogP contribution is 2.10. The third-order valence-corrected chi connectivity index (χ3v) is 2.91. The smallest absolute Gasteiger partial charge is 0.269 e. The summed E-state index contributed by atoms with van der Waals surface area (Å²) in [7, 11) is 0. The van der Waals surface area contributed by atoms with Gasteiger partial charge in [0.15, 0.2) is 5.69 Å². The molecule has 0 aliphatic heterocycles. The number of anilines is 2. The standard InChI is InChI=1S/C15H17N5O2/c1-10(21)18-12-4-2-11(3-5-12)8-9-17-14-7-6-13(15(16)22)19-20-14/h2-7H,8-9H2,1H3,(H2,16,22)(H,17,20)(H,18,21). The Kier molecular flexibility index (Phi) is 5.02. The van der Waals surface area contributed by atoms with E-state index < -0.39 is 5.91 Å². The van der Waals surface area contributed by atoms with Crippen molar-refractivity contribution in [3.05, 3.63) is 47.7 Å². The van der Waals surface area contributed by atoms with E-state index in [4.69, 9.17) is 5.73 Å². The van der Waals surface area contributed by atoms with E-state index in [0.29, 0.717) is 12.4 Å². The van der Waals surface area contributed by atoms with Crippen LogP contribution in [0.4, 0.5) is 11.5 Å². The molecule has 0 aliphatic carbocycles. The molecule has 7 nitrogen and oxygen atoms in total. The van der Waals surface area contributed by atoms with Gasteiger partial charge in [0, 0.05) is 19.2 Å². The first kappa shape index (κ1) is 15.4. The van der Waals surface area contributed by atoms with Gasteiger partial charge in [0.1, 0.15) is 5.82 Å². The van der Waals surface area contributed by atoms with Crippen molar-refractivity contribution >= 4 is 23.3 Å². The Morgan fingerprint density at radius 2 is 1.82 bits per heavy atom. The summed E-state index contributed by atoms with van der Waals surface area (Å²) in [5.74, 6) is -0.106. The molecule has 0 unspecified atom stereocenters. The second-order valence-electron chi connectivity index (χ2n) is 4.72. The van der Waals surface area contributed by atoms with Crippen molar-refractivity contribution in [1.29, 1.82) is 0 Å². The van der Waals surface area contributed by atoms with Crippen LogP contribution in [0.5, 0.6) is 0 Å². The molecule has 0 atom stereocenters. The highest BCUT2D eigenvalue weighted by molar-refractivity contribution is 5.90. The molecular weight excluding hydrogens is 282 g/mol. The predicted octanol–water partition coefficient (Wildman–Crippen LogP) is 1.19. The number of hydrogen-bond acceptors (Lipinski definition) is 5. The van der Waals surface area contributed by atoms with E-state index in [0.717, 1.165) is 17.7 Å². The first-order valence-electron chi connectivity index (χ1n) is 6.78. The van der Waals surface area contributed by atoms with Gasteiger partial charge in [0.05, 0.1) is 0 Å². The Labute approximate surface area is 127 Å². The zero-order chi connectivity index (χ0) is 15.9. The fourth-order valence-electron chi connectivity index (χ4n) is 1.85. The van der Waals surface area contributed by atoms with Crippen LogP contribution in [0, 0.1) is 0 Å². The first-order valence-corrected chi connectivity index (χ1v) is 6.78. The lowest BCUT2D eigenvalue weighted by Gasteiger charge is -2.06. The van der Waals surface area contributed by atoms with Crippen LogP contribution in [0.25, 0.3) is 0 Å². The van der Waals surface area contributed by atoms with Crippen LogP contribution in [-0.2, 0) is 11.2 Å². The van der Waals surface area contributed by atoms with Gasteiger partial charge in [-0.25, -0.2) is 0 Å². The van der Waals surface area contributed by atoms with E-state index in [-0.39, 0.29) is 11.6 Å². The Hall–Kier alpha value is -2.96. The normalized spacial score (nSPS) is 10.0. The number of benzene rings is 1. The van der Waals surface area contributed by atoms with Crippen molar-refractivity contribution in [2.24, 2.45) is 5.73 Å². The number of carbonyl (C=O) groups is 2. The minimum Gasteiger partial charge on any atom is -0.368 e. The van der Waals surface area contributed by atoms with Gasteiger partial charge < -0.3 is 16.4 Å². The molecule has 2 amide bonds. The number of carbonyl (C=O) groups excluding carboxylic acids is 2. The summed E-state index contributed by atoms with van der Waals surface area (Å²) in [5, 5.41) is 13.4. The van der Waals surface area contributed by atoms with Gasteiger partial charge in [-0.05, 0) is 36.2 Å². The number of nitrogens with one attached hydrogen (secondary N) is 2. The Balaban J connectivity index is 1.83. The van der Waals surface area contributed by atoms with Gasteiger partial charge in [-0.1, -0.05) is 12.1 Å². The molecule has 7 heteroatoms. The summed E-state index contributed by atoms with van der Waals surface area (Å²) >= 11 is 0. The van der Waals surface area contributed by atoms with Crippen LogP contribution in [0.1, 0.15) is 23.0 Å².